The van der Waals surface area contributed by atoms with E-state index in [1.165, 1.54) is 5.48 Å². The molecule has 8 heteroatoms. The molecule has 0 unspecified atom stereocenters. The van der Waals surface area contributed by atoms with Crippen LogP contribution in [0.25, 0.3) is 0 Å². The highest BCUT2D eigenvalue weighted by molar-refractivity contribution is 5.91. The number of hydroxylamine groups is 1. The minimum Gasteiger partial charge on any atom is -0.459 e. The molecule has 0 fully saturated rings. The molecule has 0 aliphatic rings. The van der Waals surface area contributed by atoms with Crippen molar-refractivity contribution >= 4 is 17.8 Å². The van der Waals surface area contributed by atoms with Crippen LogP contribution in [0.1, 0.15) is 31.4 Å². The average molecular weight is 443 g/mol. The highest BCUT2D eigenvalue weighted by Crippen LogP contribution is 2.18. The molecule has 0 saturated heterocycles. The van der Waals surface area contributed by atoms with Crippen LogP contribution in [0, 0.1) is 11.8 Å². The lowest BCUT2D eigenvalue weighted by molar-refractivity contribution is -0.151. The summed E-state index contributed by atoms with van der Waals surface area (Å²) in [6.45, 7) is 3.71. The maximum Gasteiger partial charge on any atom is 0.329 e. The van der Waals surface area contributed by atoms with Gasteiger partial charge in [-0.1, -0.05) is 74.5 Å². The van der Waals surface area contributed by atoms with Gasteiger partial charge in [0.1, 0.15) is 18.8 Å². The summed E-state index contributed by atoms with van der Waals surface area (Å²) in [4.78, 5) is 37.5. The Labute approximate surface area is 187 Å². The first-order chi connectivity index (χ1) is 15.3. The van der Waals surface area contributed by atoms with Crippen molar-refractivity contribution in [1.29, 1.82) is 0 Å². The average Bonchev–Trinajstić information content (AvgIpc) is 2.80. The smallest absolute Gasteiger partial charge is 0.329 e. The van der Waals surface area contributed by atoms with Gasteiger partial charge in [-0.25, -0.2) is 10.3 Å². The second-order valence-electron chi connectivity index (χ2n) is 8.00. The summed E-state index contributed by atoms with van der Waals surface area (Å²) in [5.41, 5.74) is 2.98. The molecule has 3 atom stereocenters. The zero-order valence-electron chi connectivity index (χ0n) is 18.2. The van der Waals surface area contributed by atoms with E-state index < -0.39 is 35.8 Å². The van der Waals surface area contributed by atoms with Crippen LogP contribution in [-0.2, 0) is 32.1 Å². The molecule has 0 heterocycles. The Bertz CT molecular complexity index is 873. The predicted octanol–water partition coefficient (Wildman–Crippen LogP) is 1.99. The quantitative estimate of drug-likeness (QED) is 0.240. The third-order valence-electron chi connectivity index (χ3n) is 4.93. The van der Waals surface area contributed by atoms with Crippen molar-refractivity contribution in [1.82, 2.24) is 10.8 Å². The molecule has 32 heavy (non-hydrogen) atoms. The maximum absolute atomic E-state index is 13.0. The van der Waals surface area contributed by atoms with Gasteiger partial charge in [-0.05, 0) is 23.5 Å². The van der Waals surface area contributed by atoms with Crippen LogP contribution in [0.15, 0.2) is 60.7 Å². The fourth-order valence-corrected chi connectivity index (χ4v) is 3.29. The molecule has 0 radical (unpaired) electrons. The number of esters is 1. The van der Waals surface area contributed by atoms with E-state index >= 15 is 0 Å². The minimum absolute atomic E-state index is 0.0236. The standard InChI is InChI=1S/C24H30N2O6/c1-16(2)13-19(21(27)23(29)26-31)22(28)25-20(14-17-9-5-3-6-10-17)24(30)32-15-18-11-7-4-8-12-18/h3-12,16,19-21,27,31H,13-15H2,1-2H3,(H,25,28)(H,26,29)/t19-,20+,21+/m1/s1. The fraction of sp³-hybridized carbons (Fsp3) is 0.375. The molecular formula is C24H30N2O6. The molecule has 2 aromatic rings. The molecular weight excluding hydrogens is 412 g/mol. The number of nitrogens with one attached hydrogen (secondary N) is 2. The summed E-state index contributed by atoms with van der Waals surface area (Å²) in [6, 6.07) is 17.3. The Hall–Kier alpha value is -3.23. The topological polar surface area (TPSA) is 125 Å². The van der Waals surface area contributed by atoms with Crippen molar-refractivity contribution < 1.29 is 29.4 Å². The zero-order valence-corrected chi connectivity index (χ0v) is 18.2. The van der Waals surface area contributed by atoms with Crippen molar-refractivity contribution in [3.05, 3.63) is 71.8 Å². The predicted molar refractivity (Wildman–Crippen MR) is 117 cm³/mol. The Morgan fingerprint density at radius 3 is 2.00 bits per heavy atom. The molecule has 0 saturated carbocycles. The lowest BCUT2D eigenvalue weighted by Gasteiger charge is -2.25. The number of benzene rings is 2. The van der Waals surface area contributed by atoms with E-state index in [0.29, 0.717) is 0 Å². The van der Waals surface area contributed by atoms with Gasteiger partial charge in [0, 0.05) is 6.42 Å². The number of aliphatic hydroxyl groups excluding tert-OH is 1. The molecule has 0 aliphatic heterocycles. The second-order valence-corrected chi connectivity index (χ2v) is 8.00. The first-order valence-electron chi connectivity index (χ1n) is 10.5. The van der Waals surface area contributed by atoms with Gasteiger partial charge in [0.05, 0.1) is 5.92 Å². The van der Waals surface area contributed by atoms with Crippen molar-refractivity contribution in [2.75, 3.05) is 0 Å². The normalized spacial score (nSPS) is 13.7. The number of aliphatic hydroxyl groups is 1. The second kappa shape index (κ2) is 12.6. The molecule has 0 spiro atoms. The summed E-state index contributed by atoms with van der Waals surface area (Å²) in [5.74, 6) is -3.56. The first kappa shape index (κ1) is 25.0. The van der Waals surface area contributed by atoms with E-state index in [9.17, 15) is 19.5 Å². The third kappa shape index (κ3) is 7.79. The zero-order chi connectivity index (χ0) is 23.5. The number of ether oxygens (including phenoxy) is 1. The van der Waals surface area contributed by atoms with Crippen LogP contribution in [0.4, 0.5) is 0 Å². The van der Waals surface area contributed by atoms with Gasteiger partial charge >= 0.3 is 5.97 Å². The van der Waals surface area contributed by atoms with Crippen LogP contribution >= 0.6 is 0 Å². The lowest BCUT2D eigenvalue weighted by atomic mass is 9.90. The summed E-state index contributed by atoms with van der Waals surface area (Å²) in [6.07, 6.45) is -1.41. The molecule has 2 aromatic carbocycles. The monoisotopic (exact) mass is 442 g/mol. The Kier molecular flexibility index (Phi) is 9.84. The van der Waals surface area contributed by atoms with E-state index in [-0.39, 0.29) is 25.4 Å². The summed E-state index contributed by atoms with van der Waals surface area (Å²) >= 11 is 0. The number of carbonyl (C=O) groups is 3. The highest BCUT2D eigenvalue weighted by Gasteiger charge is 2.35. The molecule has 0 bridgehead atoms. The molecule has 2 rings (SSSR count). The number of hydrogen-bond donors (Lipinski definition) is 4. The Morgan fingerprint density at radius 2 is 1.47 bits per heavy atom. The number of hydrogen-bond acceptors (Lipinski definition) is 6. The fourth-order valence-electron chi connectivity index (χ4n) is 3.29. The van der Waals surface area contributed by atoms with Gasteiger partial charge in [0.15, 0.2) is 0 Å². The molecule has 172 valence electrons. The van der Waals surface area contributed by atoms with E-state index in [4.69, 9.17) is 9.94 Å². The van der Waals surface area contributed by atoms with Gasteiger partial charge in [0.2, 0.25) is 5.91 Å². The number of rotatable bonds is 11. The van der Waals surface area contributed by atoms with Crippen LogP contribution in [0.3, 0.4) is 0 Å². The Morgan fingerprint density at radius 1 is 0.906 bits per heavy atom. The van der Waals surface area contributed by atoms with Gasteiger partial charge in [-0.3, -0.25) is 14.8 Å². The molecule has 2 amide bonds. The van der Waals surface area contributed by atoms with Crippen molar-refractivity contribution in [3.63, 3.8) is 0 Å². The molecule has 8 nitrogen and oxygen atoms in total. The van der Waals surface area contributed by atoms with Crippen molar-refractivity contribution in [2.45, 2.75) is 45.4 Å². The van der Waals surface area contributed by atoms with Crippen molar-refractivity contribution in [3.8, 4) is 0 Å². The van der Waals surface area contributed by atoms with Crippen LogP contribution in [0.5, 0.6) is 0 Å². The van der Waals surface area contributed by atoms with Crippen LogP contribution in [0.2, 0.25) is 0 Å². The minimum atomic E-state index is -1.76. The van der Waals surface area contributed by atoms with Crippen LogP contribution in [-0.4, -0.2) is 40.2 Å². The molecule has 4 N–H and O–H groups in total. The Balaban J connectivity index is 2.18. The van der Waals surface area contributed by atoms with Gasteiger partial charge < -0.3 is 15.2 Å². The van der Waals surface area contributed by atoms with Crippen LogP contribution < -0.4 is 10.8 Å². The van der Waals surface area contributed by atoms with E-state index in [0.717, 1.165) is 11.1 Å². The maximum atomic E-state index is 13.0. The summed E-state index contributed by atoms with van der Waals surface area (Å²) in [5, 5.41) is 21.7. The SMILES string of the molecule is CC(C)C[C@@H](C(=O)N[C@@H](Cc1ccccc1)C(=O)OCc1ccccc1)[C@H](O)C(=O)NO. The van der Waals surface area contributed by atoms with E-state index in [2.05, 4.69) is 5.32 Å². The highest BCUT2D eigenvalue weighted by atomic mass is 16.5. The third-order valence-corrected chi connectivity index (χ3v) is 4.93. The molecule has 0 aromatic heterocycles. The number of amides is 2. The molecule has 0 aliphatic carbocycles. The largest absolute Gasteiger partial charge is 0.459 e. The van der Waals surface area contributed by atoms with Gasteiger partial charge in [-0.15, -0.1) is 0 Å². The summed E-state index contributed by atoms with van der Waals surface area (Å²) in [7, 11) is 0. The van der Waals surface area contributed by atoms with Gasteiger partial charge in [0.25, 0.3) is 5.91 Å². The summed E-state index contributed by atoms with van der Waals surface area (Å²) < 4.78 is 5.42. The van der Waals surface area contributed by atoms with E-state index in [1.807, 2.05) is 74.5 Å². The first-order valence-corrected chi connectivity index (χ1v) is 10.5. The van der Waals surface area contributed by atoms with Crippen molar-refractivity contribution in [2.24, 2.45) is 11.8 Å². The lowest BCUT2D eigenvalue weighted by Crippen LogP contribution is -2.51. The number of carbonyl (C=O) groups excluding carboxylic acids is 3. The van der Waals surface area contributed by atoms with E-state index in [1.54, 1.807) is 0 Å². The van der Waals surface area contributed by atoms with Gasteiger partial charge in [-0.2, -0.15) is 0 Å².